The molecule has 2 heterocycles. The first-order valence-electron chi connectivity index (χ1n) is 5.23. The molecule has 1 fully saturated rings. The largest absolute Gasteiger partial charge is 0.295 e. The summed E-state index contributed by atoms with van der Waals surface area (Å²) in [5.41, 5.74) is 0.322. The highest BCUT2D eigenvalue weighted by Crippen LogP contribution is 2.42. The van der Waals surface area contributed by atoms with E-state index >= 15 is 0 Å². The van der Waals surface area contributed by atoms with Gasteiger partial charge in [0, 0.05) is 12.1 Å². The van der Waals surface area contributed by atoms with Crippen LogP contribution in [0.2, 0.25) is 0 Å². The summed E-state index contributed by atoms with van der Waals surface area (Å²) in [4.78, 5) is 19.4. The molecule has 1 aliphatic carbocycles. The molecular weight excluding hydrogens is 238 g/mol. The molecule has 1 amide bonds. The molecule has 0 aromatic carbocycles. The maximum absolute atomic E-state index is 11.7. The Kier molecular flexibility index (Phi) is 2.52. The summed E-state index contributed by atoms with van der Waals surface area (Å²) in [5.74, 6) is 0.267. The molecule has 1 N–H and O–H groups in total. The Morgan fingerprint density at radius 2 is 2.29 bits per heavy atom. The number of hydrogen-bond donors (Lipinski definition) is 1. The van der Waals surface area contributed by atoms with E-state index < -0.39 is 0 Å². The number of nitrogens with zero attached hydrogens (tertiary/aromatic N) is 4. The number of nitrogens with one attached hydrogen (secondary N) is 1. The third kappa shape index (κ3) is 2.28. The number of rotatable bonds is 3. The first-order chi connectivity index (χ1) is 8.33. The van der Waals surface area contributed by atoms with Crippen LogP contribution in [0.25, 0.3) is 0 Å². The quantitative estimate of drug-likeness (QED) is 0.888. The minimum atomic E-state index is -0.286. The van der Waals surface area contributed by atoms with Gasteiger partial charge in [-0.3, -0.25) is 10.1 Å². The van der Waals surface area contributed by atoms with Crippen molar-refractivity contribution in [3.8, 4) is 0 Å². The van der Waals surface area contributed by atoms with Gasteiger partial charge >= 0.3 is 0 Å². The molecule has 0 radical (unpaired) electrons. The smallest absolute Gasteiger partial charge is 0.276 e. The molecule has 1 aliphatic rings. The van der Waals surface area contributed by atoms with Crippen LogP contribution in [0, 0.1) is 0 Å². The average molecular weight is 247 g/mol. The van der Waals surface area contributed by atoms with Gasteiger partial charge in [0.1, 0.15) is 17.0 Å². The molecule has 17 heavy (non-hydrogen) atoms. The van der Waals surface area contributed by atoms with E-state index in [-0.39, 0.29) is 5.91 Å². The fourth-order valence-corrected chi connectivity index (χ4v) is 2.27. The summed E-state index contributed by atoms with van der Waals surface area (Å²) >= 11 is 1.43. The van der Waals surface area contributed by atoms with E-state index in [1.54, 1.807) is 6.07 Å². The lowest BCUT2D eigenvalue weighted by atomic mass is 10.4. The number of carbonyl (C=O) groups is 1. The SMILES string of the molecule is O=C(Nc1nnc(C2CC2)s1)c1ccncn1. The fourth-order valence-electron chi connectivity index (χ4n) is 1.37. The molecule has 2 aromatic heterocycles. The van der Waals surface area contributed by atoms with Gasteiger partial charge < -0.3 is 0 Å². The molecule has 2 aromatic rings. The van der Waals surface area contributed by atoms with Crippen LogP contribution >= 0.6 is 11.3 Å². The van der Waals surface area contributed by atoms with Gasteiger partial charge in [0.2, 0.25) is 5.13 Å². The van der Waals surface area contributed by atoms with Crippen molar-refractivity contribution in [1.29, 1.82) is 0 Å². The summed E-state index contributed by atoms with van der Waals surface area (Å²) in [6, 6.07) is 1.55. The number of amides is 1. The lowest BCUT2D eigenvalue weighted by Crippen LogP contribution is -2.13. The molecular formula is C10H9N5OS. The maximum Gasteiger partial charge on any atom is 0.276 e. The maximum atomic E-state index is 11.7. The molecule has 0 saturated heterocycles. The van der Waals surface area contributed by atoms with Crippen LogP contribution in [0.1, 0.15) is 34.3 Å². The third-order valence-corrected chi connectivity index (χ3v) is 3.40. The number of anilines is 1. The lowest BCUT2D eigenvalue weighted by Gasteiger charge is -1.98. The molecule has 86 valence electrons. The standard InChI is InChI=1S/C10H9N5OS/c16-8(7-3-4-11-5-12-7)13-10-15-14-9(17-10)6-1-2-6/h3-6H,1-2H2,(H,13,15,16). The second kappa shape index (κ2) is 4.17. The van der Waals surface area contributed by atoms with Crippen molar-refractivity contribution in [2.45, 2.75) is 18.8 Å². The van der Waals surface area contributed by atoms with Crippen LogP contribution in [-0.2, 0) is 0 Å². The second-order valence-corrected chi connectivity index (χ2v) is 4.78. The minimum Gasteiger partial charge on any atom is -0.295 e. The monoisotopic (exact) mass is 247 g/mol. The Morgan fingerprint density at radius 1 is 1.41 bits per heavy atom. The third-order valence-electron chi connectivity index (χ3n) is 2.40. The fraction of sp³-hybridized carbons (Fsp3) is 0.300. The van der Waals surface area contributed by atoms with Crippen LogP contribution < -0.4 is 5.32 Å². The second-order valence-electron chi connectivity index (χ2n) is 3.77. The zero-order chi connectivity index (χ0) is 11.7. The summed E-state index contributed by atoms with van der Waals surface area (Å²) in [5, 5.41) is 12.2. The van der Waals surface area contributed by atoms with Crippen molar-refractivity contribution in [3.63, 3.8) is 0 Å². The van der Waals surface area contributed by atoms with Crippen LogP contribution in [0.3, 0.4) is 0 Å². The molecule has 0 spiro atoms. The van der Waals surface area contributed by atoms with Crippen molar-refractivity contribution in [2.75, 3.05) is 5.32 Å². The van der Waals surface area contributed by atoms with Gasteiger partial charge in [-0.2, -0.15) is 0 Å². The summed E-state index contributed by atoms with van der Waals surface area (Å²) in [7, 11) is 0. The average Bonchev–Trinajstić information content (AvgIpc) is 3.12. The Balaban J connectivity index is 1.71. The van der Waals surface area contributed by atoms with Gasteiger partial charge in [0.25, 0.3) is 5.91 Å². The molecule has 7 heteroatoms. The van der Waals surface area contributed by atoms with E-state index in [2.05, 4.69) is 25.5 Å². The van der Waals surface area contributed by atoms with E-state index in [4.69, 9.17) is 0 Å². The van der Waals surface area contributed by atoms with E-state index in [9.17, 15) is 4.79 Å². The van der Waals surface area contributed by atoms with Crippen LogP contribution in [-0.4, -0.2) is 26.1 Å². The summed E-state index contributed by atoms with van der Waals surface area (Å²) in [6.45, 7) is 0. The van der Waals surface area contributed by atoms with E-state index in [0.29, 0.717) is 16.7 Å². The Labute approximate surface area is 101 Å². The zero-order valence-corrected chi connectivity index (χ0v) is 9.65. The lowest BCUT2D eigenvalue weighted by molar-refractivity contribution is 0.102. The predicted octanol–water partition coefficient (Wildman–Crippen LogP) is 1.46. The summed E-state index contributed by atoms with van der Waals surface area (Å²) in [6.07, 6.45) is 5.21. The molecule has 0 unspecified atom stereocenters. The Morgan fingerprint density at radius 3 is 3.00 bits per heavy atom. The molecule has 0 atom stereocenters. The molecule has 1 saturated carbocycles. The van der Waals surface area contributed by atoms with Crippen LogP contribution in [0.4, 0.5) is 5.13 Å². The van der Waals surface area contributed by atoms with Gasteiger partial charge in [-0.15, -0.1) is 10.2 Å². The summed E-state index contributed by atoms with van der Waals surface area (Å²) < 4.78 is 0. The normalized spacial score (nSPS) is 14.6. The number of carbonyl (C=O) groups excluding carboxylic acids is 1. The Bertz CT molecular complexity index is 537. The van der Waals surface area contributed by atoms with Gasteiger partial charge in [-0.1, -0.05) is 11.3 Å². The molecule has 0 bridgehead atoms. The highest BCUT2D eigenvalue weighted by atomic mass is 32.1. The number of hydrogen-bond acceptors (Lipinski definition) is 6. The zero-order valence-electron chi connectivity index (χ0n) is 8.83. The predicted molar refractivity (Wildman–Crippen MR) is 61.9 cm³/mol. The van der Waals surface area contributed by atoms with E-state index in [0.717, 1.165) is 5.01 Å². The molecule has 0 aliphatic heterocycles. The first-order valence-corrected chi connectivity index (χ1v) is 6.05. The van der Waals surface area contributed by atoms with Crippen molar-refractivity contribution in [3.05, 3.63) is 29.3 Å². The van der Waals surface area contributed by atoms with Gasteiger partial charge in [-0.05, 0) is 18.9 Å². The van der Waals surface area contributed by atoms with Gasteiger partial charge in [0.05, 0.1) is 0 Å². The van der Waals surface area contributed by atoms with Gasteiger partial charge in [0.15, 0.2) is 0 Å². The van der Waals surface area contributed by atoms with Crippen molar-refractivity contribution in [1.82, 2.24) is 20.2 Å². The van der Waals surface area contributed by atoms with E-state index in [1.807, 2.05) is 0 Å². The van der Waals surface area contributed by atoms with E-state index in [1.165, 1.54) is 36.7 Å². The van der Waals surface area contributed by atoms with Crippen molar-refractivity contribution >= 4 is 22.4 Å². The highest BCUT2D eigenvalue weighted by molar-refractivity contribution is 7.15. The minimum absolute atomic E-state index is 0.286. The van der Waals surface area contributed by atoms with Crippen LogP contribution in [0.15, 0.2) is 18.6 Å². The number of aromatic nitrogens is 4. The van der Waals surface area contributed by atoms with Crippen molar-refractivity contribution in [2.24, 2.45) is 0 Å². The highest BCUT2D eigenvalue weighted by Gasteiger charge is 2.27. The van der Waals surface area contributed by atoms with Gasteiger partial charge in [-0.25, -0.2) is 9.97 Å². The topological polar surface area (TPSA) is 80.7 Å². The Hall–Kier alpha value is -1.89. The van der Waals surface area contributed by atoms with Crippen molar-refractivity contribution < 1.29 is 4.79 Å². The molecule has 6 nitrogen and oxygen atoms in total. The van der Waals surface area contributed by atoms with Crippen LogP contribution in [0.5, 0.6) is 0 Å². The first kappa shape index (κ1) is 10.3. The molecule has 3 rings (SSSR count).